The van der Waals surface area contributed by atoms with Crippen molar-refractivity contribution in [1.29, 1.82) is 0 Å². The van der Waals surface area contributed by atoms with Gasteiger partial charge >= 0.3 is 6.01 Å². The molecule has 0 bridgehead atoms. The molecule has 1 aliphatic heterocycles. The lowest BCUT2D eigenvalue weighted by atomic mass is 9.73. The Kier molecular flexibility index (Phi) is 5.14. The molecule has 0 N–H and O–H groups in total. The van der Waals surface area contributed by atoms with Crippen LogP contribution in [0.2, 0.25) is 5.15 Å². The van der Waals surface area contributed by atoms with Crippen molar-refractivity contribution in [2.24, 2.45) is 0 Å². The van der Waals surface area contributed by atoms with E-state index in [1.165, 1.54) is 0 Å². The summed E-state index contributed by atoms with van der Waals surface area (Å²) in [5.74, 6) is -0.987. The largest absolute Gasteiger partial charge is 0.425 e. The summed E-state index contributed by atoms with van der Waals surface area (Å²) in [4.78, 5) is 34.9. The van der Waals surface area contributed by atoms with E-state index < -0.39 is 17.1 Å². The third-order valence-corrected chi connectivity index (χ3v) is 5.74. The minimum absolute atomic E-state index is 0.259. The number of carbonyl (C=O) groups excluding carboxylic acids is 2. The second-order valence-corrected chi connectivity index (χ2v) is 9.01. The van der Waals surface area contributed by atoms with Crippen LogP contribution in [0.5, 0.6) is 11.8 Å². The van der Waals surface area contributed by atoms with Crippen LogP contribution in [-0.2, 0) is 20.7 Å². The molecule has 4 rings (SSSR count). The molecule has 2 aromatic heterocycles. The standard InChI is InChI=1S/C23H24ClN3O4/c1-6-13-7-8-14(30-21-25-10-9-17-26-16(24)12-27(17)21)11-15(13)18-19(28)22(2,3)31-23(4,5)20(18)29/h7-12,18H,6H2,1-5H3. The Hall–Kier alpha value is -2.77. The number of fused-ring (bicyclic) bond motifs is 1. The van der Waals surface area contributed by atoms with E-state index in [9.17, 15) is 9.59 Å². The highest BCUT2D eigenvalue weighted by Gasteiger charge is 2.53. The smallest absolute Gasteiger partial charge is 0.307 e. The average molecular weight is 442 g/mol. The molecule has 1 fully saturated rings. The van der Waals surface area contributed by atoms with Gasteiger partial charge in [0.2, 0.25) is 0 Å². The SMILES string of the molecule is CCc1ccc(Oc2nccc3nc(Cl)cn23)cc1C1C(=O)C(C)(C)OC(C)(C)C1=O. The maximum absolute atomic E-state index is 13.2. The number of nitrogens with zero attached hydrogens (tertiary/aromatic N) is 3. The number of hydrogen-bond donors (Lipinski definition) is 0. The first-order valence-corrected chi connectivity index (χ1v) is 10.5. The highest BCUT2D eigenvalue weighted by atomic mass is 35.5. The van der Waals surface area contributed by atoms with E-state index in [0.717, 1.165) is 5.56 Å². The minimum Gasteiger partial charge on any atom is -0.425 e. The predicted octanol–water partition coefficient (Wildman–Crippen LogP) is 4.55. The summed E-state index contributed by atoms with van der Waals surface area (Å²) in [6, 6.07) is 7.41. The molecule has 1 saturated heterocycles. The molecule has 3 aromatic rings. The Balaban J connectivity index is 1.79. The van der Waals surface area contributed by atoms with E-state index >= 15 is 0 Å². The molecular weight excluding hydrogens is 418 g/mol. The van der Waals surface area contributed by atoms with Crippen LogP contribution in [0.25, 0.3) is 5.65 Å². The molecule has 3 heterocycles. The Morgan fingerprint density at radius 3 is 2.45 bits per heavy atom. The summed E-state index contributed by atoms with van der Waals surface area (Å²) >= 11 is 6.01. The summed E-state index contributed by atoms with van der Waals surface area (Å²) in [5, 5.41) is 0.322. The monoisotopic (exact) mass is 441 g/mol. The van der Waals surface area contributed by atoms with Gasteiger partial charge in [-0.25, -0.2) is 9.97 Å². The van der Waals surface area contributed by atoms with Crippen molar-refractivity contribution in [3.63, 3.8) is 0 Å². The molecule has 1 aromatic carbocycles. The molecule has 0 spiro atoms. The van der Waals surface area contributed by atoms with Crippen LogP contribution >= 0.6 is 11.6 Å². The van der Waals surface area contributed by atoms with Gasteiger partial charge in [0.05, 0.1) is 6.20 Å². The fourth-order valence-electron chi connectivity index (χ4n) is 4.11. The highest BCUT2D eigenvalue weighted by molar-refractivity contribution is 6.29. The van der Waals surface area contributed by atoms with Crippen molar-refractivity contribution in [3.8, 4) is 11.8 Å². The summed E-state index contributed by atoms with van der Waals surface area (Å²) < 4.78 is 13.5. The van der Waals surface area contributed by atoms with Gasteiger partial charge in [0.25, 0.3) is 0 Å². The van der Waals surface area contributed by atoms with Crippen molar-refractivity contribution < 1.29 is 19.1 Å². The molecule has 0 aliphatic carbocycles. The number of ether oxygens (including phenoxy) is 2. The second kappa shape index (κ2) is 7.43. The minimum atomic E-state index is -1.08. The number of carbonyl (C=O) groups is 2. The molecule has 1 aliphatic rings. The number of hydrogen-bond acceptors (Lipinski definition) is 6. The summed E-state index contributed by atoms with van der Waals surface area (Å²) in [5.41, 5.74) is -0.0200. The van der Waals surface area contributed by atoms with Crippen molar-refractivity contribution in [2.75, 3.05) is 0 Å². The quantitative estimate of drug-likeness (QED) is 0.552. The first-order chi connectivity index (χ1) is 14.5. The third-order valence-electron chi connectivity index (χ3n) is 5.56. The van der Waals surface area contributed by atoms with Gasteiger partial charge in [0.1, 0.15) is 33.7 Å². The first-order valence-electron chi connectivity index (χ1n) is 10.1. The number of imidazole rings is 1. The number of halogens is 1. The van der Waals surface area contributed by atoms with Crippen molar-refractivity contribution >= 4 is 28.8 Å². The molecule has 0 saturated carbocycles. The number of benzene rings is 1. The maximum atomic E-state index is 13.2. The van der Waals surface area contributed by atoms with Gasteiger partial charge in [-0.05, 0) is 57.4 Å². The number of aryl methyl sites for hydroxylation is 1. The van der Waals surface area contributed by atoms with Crippen LogP contribution in [0.1, 0.15) is 51.7 Å². The van der Waals surface area contributed by atoms with Crippen LogP contribution in [0.4, 0.5) is 0 Å². The lowest BCUT2D eigenvalue weighted by Gasteiger charge is -2.43. The predicted molar refractivity (Wildman–Crippen MR) is 116 cm³/mol. The van der Waals surface area contributed by atoms with E-state index in [4.69, 9.17) is 21.1 Å². The van der Waals surface area contributed by atoms with E-state index in [-0.39, 0.29) is 17.6 Å². The number of Topliss-reactive ketones (excluding diaryl/α,β-unsaturated/α-hetero) is 2. The van der Waals surface area contributed by atoms with E-state index in [1.54, 1.807) is 62.7 Å². The maximum Gasteiger partial charge on any atom is 0.307 e. The normalized spacial score (nSPS) is 18.5. The summed E-state index contributed by atoms with van der Waals surface area (Å²) in [7, 11) is 0. The molecular formula is C23H24ClN3O4. The molecule has 0 unspecified atom stereocenters. The lowest BCUT2D eigenvalue weighted by Crippen LogP contribution is -2.58. The van der Waals surface area contributed by atoms with E-state index in [2.05, 4.69) is 9.97 Å². The zero-order valence-electron chi connectivity index (χ0n) is 18.1. The van der Waals surface area contributed by atoms with Crippen LogP contribution in [0.15, 0.2) is 36.7 Å². The van der Waals surface area contributed by atoms with Crippen LogP contribution in [0.3, 0.4) is 0 Å². The number of rotatable bonds is 4. The molecule has 0 atom stereocenters. The Labute approximate surface area is 185 Å². The fourth-order valence-corrected chi connectivity index (χ4v) is 4.29. The molecule has 162 valence electrons. The molecule has 8 heteroatoms. The van der Waals surface area contributed by atoms with Gasteiger partial charge in [-0.2, -0.15) is 0 Å². The topological polar surface area (TPSA) is 82.8 Å². The van der Waals surface area contributed by atoms with Gasteiger partial charge in [0, 0.05) is 12.3 Å². The molecule has 31 heavy (non-hydrogen) atoms. The number of aromatic nitrogens is 3. The van der Waals surface area contributed by atoms with Crippen molar-refractivity contribution in [2.45, 2.75) is 58.2 Å². The van der Waals surface area contributed by atoms with Gasteiger partial charge in [-0.1, -0.05) is 24.6 Å². The summed E-state index contributed by atoms with van der Waals surface area (Å²) in [6.07, 6.45) is 3.85. The van der Waals surface area contributed by atoms with E-state index in [1.807, 2.05) is 13.0 Å². The van der Waals surface area contributed by atoms with Crippen LogP contribution in [0, 0.1) is 0 Å². The Bertz CT molecular complexity index is 1170. The van der Waals surface area contributed by atoms with Crippen molar-refractivity contribution in [1.82, 2.24) is 14.4 Å². The molecule has 0 amide bonds. The van der Waals surface area contributed by atoms with Gasteiger partial charge in [-0.15, -0.1) is 0 Å². The number of ketones is 2. The van der Waals surface area contributed by atoms with Gasteiger partial charge in [0.15, 0.2) is 11.6 Å². The highest BCUT2D eigenvalue weighted by Crippen LogP contribution is 2.40. The zero-order chi connectivity index (χ0) is 22.6. The van der Waals surface area contributed by atoms with E-state index in [0.29, 0.717) is 28.5 Å². The Morgan fingerprint density at radius 1 is 1.13 bits per heavy atom. The zero-order valence-corrected chi connectivity index (χ0v) is 18.9. The fraction of sp³-hybridized carbons (Fsp3) is 0.391. The lowest BCUT2D eigenvalue weighted by molar-refractivity contribution is -0.184. The Morgan fingerprint density at radius 2 is 1.81 bits per heavy atom. The van der Waals surface area contributed by atoms with Crippen molar-refractivity contribution in [3.05, 3.63) is 52.9 Å². The van der Waals surface area contributed by atoms with Gasteiger partial charge < -0.3 is 9.47 Å². The average Bonchev–Trinajstić information content (AvgIpc) is 3.08. The first kappa shape index (κ1) is 21.5. The van der Waals surface area contributed by atoms with Crippen LogP contribution < -0.4 is 4.74 Å². The molecule has 7 nitrogen and oxygen atoms in total. The van der Waals surface area contributed by atoms with Gasteiger partial charge in [-0.3, -0.25) is 14.0 Å². The van der Waals surface area contributed by atoms with Crippen LogP contribution in [-0.4, -0.2) is 37.1 Å². The third kappa shape index (κ3) is 3.72. The second-order valence-electron chi connectivity index (χ2n) is 8.62. The molecule has 0 radical (unpaired) electrons. The summed E-state index contributed by atoms with van der Waals surface area (Å²) in [6.45, 7) is 8.80.